The van der Waals surface area contributed by atoms with Crippen molar-refractivity contribution in [2.75, 3.05) is 25.5 Å². The van der Waals surface area contributed by atoms with Crippen LogP contribution in [0.25, 0.3) is 0 Å². The minimum atomic E-state index is 0.612. The monoisotopic (exact) mass is 295 g/mol. The van der Waals surface area contributed by atoms with Crippen LogP contribution < -0.4 is 5.32 Å². The van der Waals surface area contributed by atoms with Crippen molar-refractivity contribution in [1.82, 2.24) is 9.88 Å². The lowest BCUT2D eigenvalue weighted by Crippen LogP contribution is -2.14. The van der Waals surface area contributed by atoms with Crippen LogP contribution in [0, 0.1) is 12.8 Å². The number of likely N-dealkylation sites (N-methyl/N-ethyl adjacent to an activating group) is 1. The highest BCUT2D eigenvalue weighted by Gasteiger charge is 2.30. The summed E-state index contributed by atoms with van der Waals surface area (Å²) in [6.45, 7) is 7.69. The largest absolute Gasteiger partial charge is 0.381 e. The molecular formula is C19H25N3. The zero-order valence-electron chi connectivity index (χ0n) is 13.7. The van der Waals surface area contributed by atoms with E-state index >= 15 is 0 Å². The average molecular weight is 295 g/mol. The van der Waals surface area contributed by atoms with E-state index in [-0.39, 0.29) is 0 Å². The molecule has 1 aliphatic heterocycles. The van der Waals surface area contributed by atoms with Crippen molar-refractivity contribution in [3.63, 3.8) is 0 Å². The first kappa shape index (κ1) is 15.0. The van der Waals surface area contributed by atoms with Crippen LogP contribution in [0.4, 0.5) is 5.69 Å². The lowest BCUT2D eigenvalue weighted by Gasteiger charge is -2.21. The van der Waals surface area contributed by atoms with E-state index in [0.717, 1.165) is 13.1 Å². The number of hydrogen-bond donors (Lipinski definition) is 1. The molecule has 0 amide bonds. The van der Waals surface area contributed by atoms with Crippen LogP contribution in [0.5, 0.6) is 0 Å². The lowest BCUT2D eigenvalue weighted by atomic mass is 9.88. The van der Waals surface area contributed by atoms with E-state index in [1.54, 1.807) is 0 Å². The highest BCUT2D eigenvalue weighted by Crippen LogP contribution is 2.36. The van der Waals surface area contributed by atoms with E-state index in [0.29, 0.717) is 11.8 Å². The molecule has 22 heavy (non-hydrogen) atoms. The number of nitrogens with one attached hydrogen (secondary N) is 1. The molecule has 3 nitrogen and oxygen atoms in total. The number of nitrogens with zero attached hydrogens (tertiary/aromatic N) is 2. The second-order valence-corrected chi connectivity index (χ2v) is 6.61. The molecule has 0 aliphatic carbocycles. The van der Waals surface area contributed by atoms with Gasteiger partial charge in [0.05, 0.1) is 0 Å². The standard InChI is InChI=1S/C19H25N3/c1-14-6-7-19(21-11-16-5-4-8-20-10-16)17(9-14)18-13-22(3)12-15(18)2/h4-10,15,18,21H,11-13H2,1-3H3/t15-,18+/m0/s1. The minimum absolute atomic E-state index is 0.612. The molecule has 3 heteroatoms. The third kappa shape index (κ3) is 3.30. The molecule has 116 valence electrons. The third-order valence-corrected chi connectivity index (χ3v) is 4.61. The third-order valence-electron chi connectivity index (χ3n) is 4.61. The van der Waals surface area contributed by atoms with Crippen LogP contribution in [0.2, 0.25) is 0 Å². The maximum absolute atomic E-state index is 4.19. The summed E-state index contributed by atoms with van der Waals surface area (Å²) in [4.78, 5) is 6.62. The molecular weight excluding hydrogens is 270 g/mol. The van der Waals surface area contributed by atoms with Gasteiger partial charge in [0.25, 0.3) is 0 Å². The van der Waals surface area contributed by atoms with Gasteiger partial charge in [0, 0.05) is 43.6 Å². The Morgan fingerprint density at radius 2 is 2.14 bits per heavy atom. The lowest BCUT2D eigenvalue weighted by molar-refractivity contribution is 0.401. The molecule has 0 saturated carbocycles. The van der Waals surface area contributed by atoms with Gasteiger partial charge in [-0.2, -0.15) is 0 Å². The van der Waals surface area contributed by atoms with Crippen molar-refractivity contribution in [2.45, 2.75) is 26.3 Å². The number of benzene rings is 1. The summed E-state index contributed by atoms with van der Waals surface area (Å²) in [5.41, 5.74) is 5.27. The van der Waals surface area contributed by atoms with Crippen LogP contribution in [-0.2, 0) is 6.54 Å². The Kier molecular flexibility index (Phi) is 4.44. The van der Waals surface area contributed by atoms with Gasteiger partial charge in [-0.1, -0.05) is 30.7 Å². The minimum Gasteiger partial charge on any atom is -0.381 e. The predicted molar refractivity (Wildman–Crippen MR) is 92.1 cm³/mol. The average Bonchev–Trinajstić information content (AvgIpc) is 2.85. The van der Waals surface area contributed by atoms with Gasteiger partial charge in [-0.05, 0) is 43.1 Å². The first-order valence-electron chi connectivity index (χ1n) is 8.05. The number of aromatic nitrogens is 1. The zero-order valence-corrected chi connectivity index (χ0v) is 13.7. The summed E-state index contributed by atoms with van der Waals surface area (Å²) >= 11 is 0. The fourth-order valence-corrected chi connectivity index (χ4v) is 3.46. The number of hydrogen-bond acceptors (Lipinski definition) is 3. The van der Waals surface area contributed by atoms with Gasteiger partial charge in [-0.15, -0.1) is 0 Å². The van der Waals surface area contributed by atoms with Crippen LogP contribution in [-0.4, -0.2) is 30.0 Å². The normalized spacial score (nSPS) is 22.0. The van der Waals surface area contributed by atoms with Crippen LogP contribution in [0.15, 0.2) is 42.7 Å². The van der Waals surface area contributed by atoms with Gasteiger partial charge < -0.3 is 10.2 Å². The first-order chi connectivity index (χ1) is 10.6. The van der Waals surface area contributed by atoms with Crippen molar-refractivity contribution >= 4 is 5.69 Å². The van der Waals surface area contributed by atoms with E-state index in [1.165, 1.54) is 28.9 Å². The summed E-state index contributed by atoms with van der Waals surface area (Å²) in [5.74, 6) is 1.31. The van der Waals surface area contributed by atoms with Crippen LogP contribution >= 0.6 is 0 Å². The van der Waals surface area contributed by atoms with E-state index in [1.807, 2.05) is 18.5 Å². The summed E-state index contributed by atoms with van der Waals surface area (Å²) in [7, 11) is 2.22. The van der Waals surface area contributed by atoms with E-state index in [2.05, 4.69) is 60.4 Å². The Bertz CT molecular complexity index is 624. The number of rotatable bonds is 4. The molecule has 0 spiro atoms. The van der Waals surface area contributed by atoms with E-state index in [9.17, 15) is 0 Å². The summed E-state index contributed by atoms with van der Waals surface area (Å²) in [6.07, 6.45) is 3.74. The molecule has 2 atom stereocenters. The summed E-state index contributed by atoms with van der Waals surface area (Å²) in [6, 6.07) is 10.9. The molecule has 0 radical (unpaired) electrons. The molecule has 1 saturated heterocycles. The molecule has 1 aliphatic rings. The molecule has 0 unspecified atom stereocenters. The molecule has 2 aromatic rings. The van der Waals surface area contributed by atoms with Crippen LogP contribution in [0.1, 0.15) is 29.5 Å². The number of anilines is 1. The fraction of sp³-hybridized carbons (Fsp3) is 0.421. The SMILES string of the molecule is Cc1ccc(NCc2cccnc2)c([C@@H]2CN(C)C[C@@H]2C)c1. The molecule has 0 bridgehead atoms. The fourth-order valence-electron chi connectivity index (χ4n) is 3.46. The molecule has 1 aromatic heterocycles. The number of pyridine rings is 1. The van der Waals surface area contributed by atoms with Crippen molar-refractivity contribution in [3.8, 4) is 0 Å². The maximum Gasteiger partial charge on any atom is 0.0416 e. The smallest absolute Gasteiger partial charge is 0.0416 e. The molecule has 3 rings (SSSR count). The van der Waals surface area contributed by atoms with Gasteiger partial charge in [0.1, 0.15) is 0 Å². The highest BCUT2D eigenvalue weighted by molar-refractivity contribution is 5.55. The van der Waals surface area contributed by atoms with Gasteiger partial charge in [0.15, 0.2) is 0 Å². The van der Waals surface area contributed by atoms with Crippen molar-refractivity contribution < 1.29 is 0 Å². The molecule has 1 fully saturated rings. The zero-order chi connectivity index (χ0) is 15.5. The Balaban J connectivity index is 1.82. The summed E-state index contributed by atoms with van der Waals surface area (Å²) < 4.78 is 0. The Morgan fingerprint density at radius 1 is 1.27 bits per heavy atom. The predicted octanol–water partition coefficient (Wildman–Crippen LogP) is 3.67. The Hall–Kier alpha value is -1.87. The van der Waals surface area contributed by atoms with Gasteiger partial charge in [0.2, 0.25) is 0 Å². The maximum atomic E-state index is 4.19. The highest BCUT2D eigenvalue weighted by atomic mass is 15.1. The second-order valence-electron chi connectivity index (χ2n) is 6.61. The first-order valence-corrected chi connectivity index (χ1v) is 8.05. The Labute approximate surface area is 133 Å². The Morgan fingerprint density at radius 3 is 2.82 bits per heavy atom. The molecule has 1 aromatic carbocycles. The topological polar surface area (TPSA) is 28.2 Å². The van der Waals surface area contributed by atoms with Gasteiger partial charge in [-0.3, -0.25) is 4.98 Å². The number of aryl methyl sites for hydroxylation is 1. The van der Waals surface area contributed by atoms with Crippen molar-refractivity contribution in [3.05, 3.63) is 59.4 Å². The van der Waals surface area contributed by atoms with E-state index in [4.69, 9.17) is 0 Å². The van der Waals surface area contributed by atoms with Gasteiger partial charge in [-0.25, -0.2) is 0 Å². The van der Waals surface area contributed by atoms with Crippen molar-refractivity contribution in [1.29, 1.82) is 0 Å². The van der Waals surface area contributed by atoms with E-state index < -0.39 is 0 Å². The quantitative estimate of drug-likeness (QED) is 0.933. The molecule has 1 N–H and O–H groups in total. The van der Waals surface area contributed by atoms with Gasteiger partial charge >= 0.3 is 0 Å². The number of likely N-dealkylation sites (tertiary alicyclic amines) is 1. The van der Waals surface area contributed by atoms with Crippen molar-refractivity contribution in [2.24, 2.45) is 5.92 Å². The molecule has 2 heterocycles. The summed E-state index contributed by atoms with van der Waals surface area (Å²) in [5, 5.41) is 3.61. The van der Waals surface area contributed by atoms with Crippen LogP contribution in [0.3, 0.4) is 0 Å². The second kappa shape index (κ2) is 6.49.